The number of methoxy groups -OCH3 is 1. The molecule has 0 heterocycles. The smallest absolute Gasteiger partial charge is 0.220 e. The highest BCUT2D eigenvalue weighted by Crippen LogP contribution is 2.19. The molecule has 2 rings (SSSR count). The summed E-state index contributed by atoms with van der Waals surface area (Å²) in [6.07, 6.45) is 1.22. The van der Waals surface area contributed by atoms with Gasteiger partial charge in [-0.25, -0.2) is 0 Å². The molecular weight excluding hydrogens is 286 g/mol. The Hall–Kier alpha value is -2.29. The second-order valence-corrected chi connectivity index (χ2v) is 6.00. The Kier molecular flexibility index (Phi) is 5.80. The average Bonchev–Trinajstić information content (AvgIpc) is 2.53. The van der Waals surface area contributed by atoms with E-state index in [1.807, 2.05) is 31.2 Å². The zero-order chi connectivity index (χ0) is 16.8. The maximum atomic E-state index is 12.2. The molecule has 0 radical (unpaired) electrons. The van der Waals surface area contributed by atoms with E-state index in [2.05, 4.69) is 37.4 Å². The first-order chi connectivity index (χ1) is 11.0. The molecule has 0 aliphatic heterocycles. The van der Waals surface area contributed by atoms with E-state index in [1.165, 1.54) is 16.7 Å². The van der Waals surface area contributed by atoms with Crippen molar-refractivity contribution in [2.24, 2.45) is 0 Å². The number of aryl methyl sites for hydroxylation is 3. The molecule has 0 saturated carbocycles. The van der Waals surface area contributed by atoms with Crippen molar-refractivity contribution in [3.63, 3.8) is 0 Å². The summed E-state index contributed by atoms with van der Waals surface area (Å²) >= 11 is 0. The van der Waals surface area contributed by atoms with Gasteiger partial charge in [0.2, 0.25) is 5.91 Å². The number of ether oxygens (including phenoxy) is 1. The second-order valence-electron chi connectivity index (χ2n) is 6.00. The molecule has 0 saturated heterocycles. The summed E-state index contributed by atoms with van der Waals surface area (Å²) in [4.78, 5) is 12.2. The lowest BCUT2D eigenvalue weighted by Gasteiger charge is -2.17. The lowest BCUT2D eigenvalue weighted by Crippen LogP contribution is -2.27. The van der Waals surface area contributed by atoms with Crippen molar-refractivity contribution >= 4 is 5.91 Å². The Bertz CT molecular complexity index is 662. The molecule has 23 heavy (non-hydrogen) atoms. The Morgan fingerprint density at radius 3 is 2.43 bits per heavy atom. The Labute approximate surface area is 138 Å². The highest BCUT2D eigenvalue weighted by molar-refractivity contribution is 5.76. The van der Waals surface area contributed by atoms with E-state index in [-0.39, 0.29) is 11.9 Å². The predicted molar refractivity (Wildman–Crippen MR) is 93.8 cm³/mol. The number of hydrogen-bond donors (Lipinski definition) is 1. The molecule has 1 atom stereocenters. The molecule has 1 amide bonds. The van der Waals surface area contributed by atoms with Crippen LogP contribution in [-0.2, 0) is 11.2 Å². The van der Waals surface area contributed by atoms with Crippen molar-refractivity contribution in [2.75, 3.05) is 7.11 Å². The van der Waals surface area contributed by atoms with Crippen LogP contribution < -0.4 is 10.1 Å². The van der Waals surface area contributed by atoms with Gasteiger partial charge in [0, 0.05) is 6.42 Å². The molecule has 122 valence electrons. The minimum absolute atomic E-state index is 0.0268. The van der Waals surface area contributed by atoms with Crippen molar-refractivity contribution in [1.82, 2.24) is 5.32 Å². The maximum absolute atomic E-state index is 12.2. The van der Waals surface area contributed by atoms with Crippen molar-refractivity contribution in [1.29, 1.82) is 0 Å². The van der Waals surface area contributed by atoms with Gasteiger partial charge in [-0.2, -0.15) is 0 Å². The normalized spacial score (nSPS) is 11.8. The zero-order valence-electron chi connectivity index (χ0n) is 14.3. The SMILES string of the molecule is COc1ccc(CCC(=O)N[C@H](C)c2ccc(C)cc2C)cc1. The molecule has 3 heteroatoms. The maximum Gasteiger partial charge on any atom is 0.220 e. The third kappa shape index (κ3) is 4.85. The third-order valence-corrected chi connectivity index (χ3v) is 4.07. The number of carbonyl (C=O) groups excluding carboxylic acids is 1. The first kappa shape index (κ1) is 17.1. The Balaban J connectivity index is 1.88. The van der Waals surface area contributed by atoms with Crippen LogP contribution in [0.25, 0.3) is 0 Å². The van der Waals surface area contributed by atoms with Gasteiger partial charge in [0.05, 0.1) is 13.2 Å². The monoisotopic (exact) mass is 311 g/mol. The molecule has 3 nitrogen and oxygen atoms in total. The van der Waals surface area contributed by atoms with E-state index in [9.17, 15) is 4.79 Å². The van der Waals surface area contributed by atoms with Crippen molar-refractivity contribution in [2.45, 2.75) is 39.7 Å². The summed E-state index contributed by atoms with van der Waals surface area (Å²) in [6, 6.07) is 14.2. The largest absolute Gasteiger partial charge is 0.497 e. The summed E-state index contributed by atoms with van der Waals surface area (Å²) < 4.78 is 5.14. The summed E-state index contributed by atoms with van der Waals surface area (Å²) in [5.74, 6) is 0.912. The zero-order valence-corrected chi connectivity index (χ0v) is 14.3. The van der Waals surface area contributed by atoms with Crippen LogP contribution in [0.1, 0.15) is 41.6 Å². The number of hydrogen-bond acceptors (Lipinski definition) is 2. The van der Waals surface area contributed by atoms with Gasteiger partial charge in [0.15, 0.2) is 0 Å². The minimum atomic E-state index is 0.0268. The highest BCUT2D eigenvalue weighted by atomic mass is 16.5. The third-order valence-electron chi connectivity index (χ3n) is 4.07. The summed E-state index contributed by atoms with van der Waals surface area (Å²) in [7, 11) is 1.65. The molecule has 0 aromatic heterocycles. The van der Waals surface area contributed by atoms with Crippen LogP contribution in [0.15, 0.2) is 42.5 Å². The average molecular weight is 311 g/mol. The van der Waals surface area contributed by atoms with Crippen molar-refractivity contribution in [3.05, 3.63) is 64.7 Å². The van der Waals surface area contributed by atoms with Crippen LogP contribution in [0, 0.1) is 13.8 Å². The van der Waals surface area contributed by atoms with Crippen LogP contribution in [0.2, 0.25) is 0 Å². The van der Waals surface area contributed by atoms with Crippen molar-refractivity contribution in [3.8, 4) is 5.75 Å². The molecule has 2 aromatic rings. The van der Waals surface area contributed by atoms with E-state index >= 15 is 0 Å². The molecule has 0 unspecified atom stereocenters. The van der Waals surface area contributed by atoms with Gasteiger partial charge in [-0.15, -0.1) is 0 Å². The molecule has 0 aliphatic rings. The molecule has 0 spiro atoms. The first-order valence-electron chi connectivity index (χ1n) is 7.99. The number of nitrogens with one attached hydrogen (secondary N) is 1. The summed E-state index contributed by atoms with van der Waals surface area (Å²) in [6.45, 7) is 6.19. The first-order valence-corrected chi connectivity index (χ1v) is 7.99. The van der Waals surface area contributed by atoms with Crippen LogP contribution in [0.4, 0.5) is 0 Å². The van der Waals surface area contributed by atoms with Gasteiger partial charge in [0.25, 0.3) is 0 Å². The Morgan fingerprint density at radius 2 is 1.83 bits per heavy atom. The van der Waals surface area contributed by atoms with Crippen LogP contribution in [0.3, 0.4) is 0 Å². The molecular formula is C20H25NO2. The van der Waals surface area contributed by atoms with E-state index in [0.717, 1.165) is 17.7 Å². The van der Waals surface area contributed by atoms with Gasteiger partial charge in [-0.3, -0.25) is 4.79 Å². The van der Waals surface area contributed by atoms with E-state index in [4.69, 9.17) is 4.74 Å². The van der Waals surface area contributed by atoms with E-state index in [1.54, 1.807) is 7.11 Å². The fourth-order valence-electron chi connectivity index (χ4n) is 2.75. The topological polar surface area (TPSA) is 38.3 Å². The van der Waals surface area contributed by atoms with E-state index in [0.29, 0.717) is 6.42 Å². The molecule has 0 fully saturated rings. The summed E-state index contributed by atoms with van der Waals surface area (Å²) in [5.41, 5.74) is 4.77. The van der Waals surface area contributed by atoms with Gasteiger partial charge in [-0.05, 0) is 56.0 Å². The second kappa shape index (κ2) is 7.82. The highest BCUT2D eigenvalue weighted by Gasteiger charge is 2.11. The van der Waals surface area contributed by atoms with Gasteiger partial charge in [-0.1, -0.05) is 35.9 Å². The number of carbonyl (C=O) groups is 1. The van der Waals surface area contributed by atoms with E-state index < -0.39 is 0 Å². The van der Waals surface area contributed by atoms with Gasteiger partial charge >= 0.3 is 0 Å². The molecule has 1 N–H and O–H groups in total. The van der Waals surface area contributed by atoms with Gasteiger partial charge < -0.3 is 10.1 Å². The number of amides is 1. The number of benzene rings is 2. The molecule has 0 bridgehead atoms. The Morgan fingerprint density at radius 1 is 1.13 bits per heavy atom. The minimum Gasteiger partial charge on any atom is -0.497 e. The fraction of sp³-hybridized carbons (Fsp3) is 0.350. The van der Waals surface area contributed by atoms with Gasteiger partial charge in [0.1, 0.15) is 5.75 Å². The predicted octanol–water partition coefficient (Wildman–Crippen LogP) is 4.12. The van der Waals surface area contributed by atoms with Crippen LogP contribution in [0.5, 0.6) is 5.75 Å². The number of rotatable bonds is 6. The lowest BCUT2D eigenvalue weighted by molar-refractivity contribution is -0.121. The quantitative estimate of drug-likeness (QED) is 0.871. The standard InChI is InChI=1S/C20H25NO2/c1-14-5-11-19(15(2)13-14)16(3)21-20(22)12-8-17-6-9-18(23-4)10-7-17/h5-7,9-11,13,16H,8,12H2,1-4H3,(H,21,22)/t16-/m1/s1. The summed E-state index contributed by atoms with van der Waals surface area (Å²) in [5, 5.41) is 3.09. The molecule has 0 aliphatic carbocycles. The van der Waals surface area contributed by atoms with Crippen molar-refractivity contribution < 1.29 is 9.53 Å². The van der Waals surface area contributed by atoms with Crippen LogP contribution in [-0.4, -0.2) is 13.0 Å². The lowest BCUT2D eigenvalue weighted by atomic mass is 10.00. The van der Waals surface area contributed by atoms with Crippen LogP contribution >= 0.6 is 0 Å². The molecule has 2 aromatic carbocycles. The fourth-order valence-corrected chi connectivity index (χ4v) is 2.75.